The first-order valence-electron chi connectivity index (χ1n) is 10.6. The summed E-state index contributed by atoms with van der Waals surface area (Å²) in [7, 11) is 0. The largest absolute Gasteiger partial charge is 0.868 e. The molecule has 0 unspecified atom stereocenters. The summed E-state index contributed by atoms with van der Waals surface area (Å²) in [6, 6.07) is 14.0. The molecule has 2 aromatic carbocycles. The van der Waals surface area contributed by atoms with Crippen molar-refractivity contribution in [2.75, 3.05) is 31.5 Å². The van der Waals surface area contributed by atoms with Crippen LogP contribution in [-0.4, -0.2) is 41.6 Å². The standard InChI is InChI=1S/C25H24FN3O4S/c1-34-21-10-3-2-7-17(21)15-18-8-6-9-19(26)24(18)33-14-5-4-12-28-16-27-29-13-11-20(30)23(31)22(29)25(28)32/h2-11,13,27,31H,12,14-16H2,1H3/p-1/b5-4-. The van der Waals surface area contributed by atoms with Gasteiger partial charge in [0, 0.05) is 35.7 Å². The Hall–Kier alpha value is -3.72. The number of pyridine rings is 1. The molecule has 176 valence electrons. The molecule has 0 saturated carbocycles. The number of hydrogen-bond acceptors (Lipinski definition) is 6. The highest BCUT2D eigenvalue weighted by Crippen LogP contribution is 2.29. The molecule has 0 atom stereocenters. The Morgan fingerprint density at radius 2 is 1.91 bits per heavy atom. The summed E-state index contributed by atoms with van der Waals surface area (Å²) < 4.78 is 21.5. The van der Waals surface area contributed by atoms with Crippen LogP contribution in [0.15, 0.2) is 76.6 Å². The summed E-state index contributed by atoms with van der Waals surface area (Å²) >= 11 is 1.64. The predicted molar refractivity (Wildman–Crippen MR) is 127 cm³/mol. The summed E-state index contributed by atoms with van der Waals surface area (Å²) in [6.45, 7) is 0.477. The van der Waals surface area contributed by atoms with E-state index in [1.807, 2.05) is 36.6 Å². The number of fused-ring (bicyclic) bond motifs is 1. The van der Waals surface area contributed by atoms with Crippen molar-refractivity contribution < 1.29 is 19.0 Å². The second kappa shape index (κ2) is 10.5. The van der Waals surface area contributed by atoms with Crippen molar-refractivity contribution in [1.29, 1.82) is 0 Å². The fourth-order valence-electron chi connectivity index (χ4n) is 3.69. The monoisotopic (exact) mass is 480 g/mol. The quantitative estimate of drug-likeness (QED) is 0.394. The summed E-state index contributed by atoms with van der Waals surface area (Å²) in [6.07, 6.45) is 7.29. The van der Waals surface area contributed by atoms with Gasteiger partial charge in [0.2, 0.25) is 0 Å². The highest BCUT2D eigenvalue weighted by Gasteiger charge is 2.23. The zero-order valence-corrected chi connectivity index (χ0v) is 19.3. The molecule has 0 fully saturated rings. The average molecular weight is 481 g/mol. The van der Waals surface area contributed by atoms with E-state index in [0.29, 0.717) is 6.42 Å². The molecule has 2 heterocycles. The fourth-order valence-corrected chi connectivity index (χ4v) is 4.31. The molecule has 7 nitrogen and oxygen atoms in total. The Labute approximate surface area is 200 Å². The van der Waals surface area contributed by atoms with E-state index in [4.69, 9.17) is 4.74 Å². The van der Waals surface area contributed by atoms with E-state index in [1.165, 1.54) is 21.8 Å². The van der Waals surface area contributed by atoms with Crippen LogP contribution >= 0.6 is 11.8 Å². The van der Waals surface area contributed by atoms with Crippen molar-refractivity contribution in [3.8, 4) is 11.5 Å². The van der Waals surface area contributed by atoms with Crippen molar-refractivity contribution in [1.82, 2.24) is 9.58 Å². The smallest absolute Gasteiger partial charge is 0.273 e. The molecule has 0 spiro atoms. The highest BCUT2D eigenvalue weighted by molar-refractivity contribution is 7.98. The van der Waals surface area contributed by atoms with Crippen LogP contribution in [0.3, 0.4) is 0 Å². The van der Waals surface area contributed by atoms with Crippen molar-refractivity contribution in [3.05, 3.63) is 99.7 Å². The van der Waals surface area contributed by atoms with Gasteiger partial charge in [0.15, 0.2) is 17.0 Å². The van der Waals surface area contributed by atoms with Gasteiger partial charge < -0.3 is 20.2 Å². The second-order valence-electron chi connectivity index (χ2n) is 7.57. The number of aromatic nitrogens is 1. The van der Waals surface area contributed by atoms with Gasteiger partial charge in [-0.25, -0.2) is 4.39 Å². The van der Waals surface area contributed by atoms with Gasteiger partial charge >= 0.3 is 0 Å². The molecular weight excluding hydrogens is 457 g/mol. The van der Waals surface area contributed by atoms with E-state index in [0.717, 1.165) is 22.1 Å². The van der Waals surface area contributed by atoms with Gasteiger partial charge in [-0.15, -0.1) is 11.8 Å². The lowest BCUT2D eigenvalue weighted by atomic mass is 10.0. The van der Waals surface area contributed by atoms with E-state index in [2.05, 4.69) is 5.43 Å². The molecule has 1 amide bonds. The van der Waals surface area contributed by atoms with Gasteiger partial charge in [0.25, 0.3) is 5.91 Å². The van der Waals surface area contributed by atoms with Gasteiger partial charge in [-0.05, 0) is 35.8 Å². The van der Waals surface area contributed by atoms with Crippen LogP contribution < -0.4 is 20.7 Å². The second-order valence-corrected chi connectivity index (χ2v) is 8.42. The zero-order valence-electron chi connectivity index (χ0n) is 18.5. The lowest BCUT2D eigenvalue weighted by Gasteiger charge is -2.32. The van der Waals surface area contributed by atoms with Crippen molar-refractivity contribution in [2.45, 2.75) is 11.3 Å². The lowest BCUT2D eigenvalue weighted by Crippen LogP contribution is -2.47. The van der Waals surface area contributed by atoms with Crippen molar-refractivity contribution in [2.24, 2.45) is 0 Å². The first-order chi connectivity index (χ1) is 16.5. The minimum atomic E-state index is -0.841. The first-order valence-corrected chi connectivity index (χ1v) is 11.8. The Morgan fingerprint density at radius 1 is 1.12 bits per heavy atom. The zero-order chi connectivity index (χ0) is 24.1. The van der Waals surface area contributed by atoms with E-state index >= 15 is 0 Å². The number of carbonyl (C=O) groups excluding carboxylic acids is 1. The number of halogens is 1. The van der Waals surface area contributed by atoms with Crippen molar-refractivity contribution >= 4 is 17.7 Å². The maximum absolute atomic E-state index is 14.5. The number of carbonyl (C=O) groups is 1. The summed E-state index contributed by atoms with van der Waals surface area (Å²) in [4.78, 5) is 26.7. The molecular formula is C25H23FN3O4S-. The van der Waals surface area contributed by atoms with Crippen LogP contribution in [0.4, 0.5) is 4.39 Å². The molecule has 34 heavy (non-hydrogen) atoms. The molecule has 3 aromatic rings. The van der Waals surface area contributed by atoms with Crippen LogP contribution in [0.2, 0.25) is 0 Å². The highest BCUT2D eigenvalue weighted by atomic mass is 32.2. The summed E-state index contributed by atoms with van der Waals surface area (Å²) in [5, 5.41) is 12.0. The van der Waals surface area contributed by atoms with Crippen molar-refractivity contribution in [3.63, 3.8) is 0 Å². The van der Waals surface area contributed by atoms with Crippen LogP contribution in [0.25, 0.3) is 0 Å². The Morgan fingerprint density at radius 3 is 2.74 bits per heavy atom. The minimum Gasteiger partial charge on any atom is -0.868 e. The van der Waals surface area contributed by atoms with Crippen LogP contribution in [0.5, 0.6) is 11.5 Å². The molecule has 1 aliphatic rings. The summed E-state index contributed by atoms with van der Waals surface area (Å²) in [5.74, 6) is -1.61. The number of amides is 1. The summed E-state index contributed by atoms with van der Waals surface area (Å²) in [5.41, 5.74) is 3.78. The predicted octanol–water partition coefficient (Wildman–Crippen LogP) is 2.97. The fraction of sp³-hybridized carbons (Fsp3) is 0.200. The Balaban J connectivity index is 1.39. The van der Waals surface area contributed by atoms with E-state index in [9.17, 15) is 19.1 Å². The van der Waals surface area contributed by atoms with E-state index < -0.39 is 22.9 Å². The lowest BCUT2D eigenvalue weighted by molar-refractivity contribution is -0.271. The van der Waals surface area contributed by atoms with E-state index in [-0.39, 0.29) is 31.3 Å². The van der Waals surface area contributed by atoms with Gasteiger partial charge in [-0.1, -0.05) is 36.4 Å². The number of ether oxygens (including phenoxy) is 1. The minimum absolute atomic E-state index is 0.108. The molecule has 1 N–H and O–H groups in total. The maximum atomic E-state index is 14.5. The number of para-hydroxylation sites is 1. The first kappa shape index (κ1) is 23.4. The van der Waals surface area contributed by atoms with Gasteiger partial charge in [-0.3, -0.25) is 14.3 Å². The number of thioether (sulfide) groups is 1. The number of rotatable bonds is 8. The third-order valence-electron chi connectivity index (χ3n) is 5.41. The third kappa shape index (κ3) is 4.94. The topological polar surface area (TPSA) is 86.6 Å². The molecule has 1 aliphatic heterocycles. The van der Waals surface area contributed by atoms with Crippen LogP contribution in [0.1, 0.15) is 21.6 Å². The molecule has 0 aliphatic carbocycles. The Bertz CT molecular complexity index is 1290. The van der Waals surface area contributed by atoms with Gasteiger partial charge in [-0.2, -0.15) is 0 Å². The van der Waals surface area contributed by atoms with Crippen LogP contribution in [-0.2, 0) is 6.42 Å². The average Bonchev–Trinajstić information content (AvgIpc) is 2.84. The maximum Gasteiger partial charge on any atom is 0.273 e. The number of hydrogen-bond donors (Lipinski definition) is 1. The molecule has 4 rings (SSSR count). The van der Waals surface area contributed by atoms with Gasteiger partial charge in [0.05, 0.1) is 0 Å². The van der Waals surface area contributed by atoms with E-state index in [1.54, 1.807) is 30.0 Å². The molecule has 0 saturated heterocycles. The van der Waals surface area contributed by atoms with Gasteiger partial charge in [0.1, 0.15) is 19.0 Å². The third-order valence-corrected chi connectivity index (χ3v) is 6.25. The number of benzene rings is 2. The number of nitrogens with zero attached hydrogens (tertiary/aromatic N) is 2. The molecule has 1 aromatic heterocycles. The van der Waals surface area contributed by atoms with Crippen LogP contribution in [0, 0.1) is 5.82 Å². The Kier molecular flexibility index (Phi) is 7.22. The molecule has 0 bridgehead atoms. The molecule has 0 radical (unpaired) electrons. The SMILES string of the molecule is CSc1ccccc1Cc1cccc(F)c1OC/C=C\CN1CNn2ccc(=O)c([O-])c2C1=O. The number of nitrogens with one attached hydrogen (secondary N) is 1. The molecule has 9 heteroatoms. The normalized spacial score (nSPS) is 13.1.